The van der Waals surface area contributed by atoms with E-state index in [1.807, 2.05) is 11.3 Å². The van der Waals surface area contributed by atoms with E-state index in [4.69, 9.17) is 0 Å². The third-order valence-corrected chi connectivity index (χ3v) is 10.9. The predicted molar refractivity (Wildman–Crippen MR) is 196 cm³/mol. The first-order chi connectivity index (χ1) is 20.3. The van der Waals surface area contributed by atoms with Gasteiger partial charge in [0.15, 0.2) is 0 Å². The lowest BCUT2D eigenvalue weighted by atomic mass is 9.34. The molecule has 0 saturated heterocycles. The minimum absolute atomic E-state index is 0.210. The highest BCUT2D eigenvalue weighted by molar-refractivity contribution is 7.35. The van der Waals surface area contributed by atoms with Crippen molar-refractivity contribution in [3.05, 3.63) is 121 Å². The number of rotatable bonds is 6. The highest BCUT2D eigenvalue weighted by Gasteiger charge is 2.36. The summed E-state index contributed by atoms with van der Waals surface area (Å²) in [5, 5.41) is 0. The fraction of sp³-hybridized carbons (Fsp3) is 0.350. The molecule has 1 aromatic heterocycles. The monoisotopic (exact) mass is 582 g/mol. The van der Waals surface area contributed by atoms with E-state index in [0.29, 0.717) is 5.92 Å². The van der Waals surface area contributed by atoms with Crippen molar-refractivity contribution in [3.8, 4) is 0 Å². The molecule has 5 rings (SSSR count). The van der Waals surface area contributed by atoms with Crippen LogP contribution in [0.25, 0.3) is 0 Å². The van der Waals surface area contributed by atoms with Crippen LogP contribution in [0.2, 0.25) is 0 Å². The summed E-state index contributed by atoms with van der Waals surface area (Å²) in [7, 11) is 0. The minimum atomic E-state index is 0.210. The van der Waals surface area contributed by atoms with Crippen molar-refractivity contribution in [2.75, 3.05) is 0 Å². The predicted octanol–water partition coefficient (Wildman–Crippen LogP) is 7.49. The Balaban J connectivity index is 1.79. The van der Waals surface area contributed by atoms with Crippen molar-refractivity contribution in [2.24, 2.45) is 5.92 Å². The van der Waals surface area contributed by atoms with Gasteiger partial charge in [0.25, 0.3) is 13.4 Å². The van der Waals surface area contributed by atoms with Crippen molar-refractivity contribution in [3.63, 3.8) is 0 Å². The third-order valence-electron chi connectivity index (χ3n) is 9.69. The van der Waals surface area contributed by atoms with Gasteiger partial charge in [-0.2, -0.15) is 11.3 Å². The zero-order valence-corrected chi connectivity index (χ0v) is 29.4. The summed E-state index contributed by atoms with van der Waals surface area (Å²) in [4.78, 5) is 0. The molecule has 0 N–H and O–H groups in total. The molecular weight excluding hydrogens is 534 g/mol. The van der Waals surface area contributed by atoms with Crippen LogP contribution < -0.4 is 25.9 Å². The summed E-state index contributed by atoms with van der Waals surface area (Å²) in [6.45, 7) is 28.1. The van der Waals surface area contributed by atoms with Gasteiger partial charge in [-0.1, -0.05) is 145 Å². The highest BCUT2D eigenvalue weighted by atomic mass is 32.1. The molecule has 0 saturated carbocycles. The van der Waals surface area contributed by atoms with Gasteiger partial charge < -0.3 is 0 Å². The SMILES string of the molecule is CC1=CC(C)=C(B(c2ccc(B(c3c(C)cc(C)cc3C)c3c(C)cc(C)cc3C)s2)c2c(C)cc(C)cc2C)C(C)C1. The van der Waals surface area contributed by atoms with Crippen LogP contribution in [-0.2, 0) is 0 Å². The third kappa shape index (κ3) is 6.03. The van der Waals surface area contributed by atoms with E-state index in [1.54, 1.807) is 5.47 Å². The van der Waals surface area contributed by atoms with Crippen LogP contribution >= 0.6 is 11.3 Å². The Kier molecular flexibility index (Phi) is 8.88. The normalized spacial score (nSPS) is 15.2. The van der Waals surface area contributed by atoms with Crippen molar-refractivity contribution >= 4 is 50.7 Å². The molecule has 1 aliphatic carbocycles. The van der Waals surface area contributed by atoms with Crippen molar-refractivity contribution < 1.29 is 0 Å². The lowest BCUT2D eigenvalue weighted by Crippen LogP contribution is -2.55. The molecule has 4 aromatic rings. The molecular formula is C40H48B2S. The Hall–Kier alpha value is -3.03. The number of hydrogen-bond acceptors (Lipinski definition) is 1. The van der Waals surface area contributed by atoms with Gasteiger partial charge >= 0.3 is 0 Å². The molecule has 3 heteroatoms. The number of hydrogen-bond donors (Lipinski definition) is 0. The summed E-state index contributed by atoms with van der Waals surface area (Å²) in [5.74, 6) is 0.514. The molecule has 1 aliphatic rings. The molecule has 0 aliphatic heterocycles. The zero-order chi connectivity index (χ0) is 31.3. The molecule has 1 atom stereocenters. The molecule has 1 heterocycles. The Bertz CT molecular complexity index is 1650. The summed E-state index contributed by atoms with van der Waals surface area (Å²) in [5.41, 5.74) is 21.3. The Labute approximate surface area is 266 Å². The number of aryl methyl sites for hydroxylation is 9. The van der Waals surface area contributed by atoms with E-state index in [1.165, 1.54) is 87.2 Å². The van der Waals surface area contributed by atoms with Crippen LogP contribution in [0, 0.1) is 68.2 Å². The lowest BCUT2D eigenvalue weighted by Gasteiger charge is -2.30. The second kappa shape index (κ2) is 12.2. The van der Waals surface area contributed by atoms with Crippen LogP contribution in [0.4, 0.5) is 0 Å². The average molecular weight is 583 g/mol. The van der Waals surface area contributed by atoms with Crippen LogP contribution in [0.15, 0.2) is 71.2 Å². The Morgan fingerprint density at radius 1 is 0.535 bits per heavy atom. The fourth-order valence-electron chi connectivity index (χ4n) is 8.50. The van der Waals surface area contributed by atoms with Gasteiger partial charge in [0.1, 0.15) is 0 Å². The fourth-order valence-corrected chi connectivity index (χ4v) is 9.76. The quantitative estimate of drug-likeness (QED) is 0.207. The molecule has 1 unspecified atom stereocenters. The lowest BCUT2D eigenvalue weighted by molar-refractivity contribution is 0.682. The van der Waals surface area contributed by atoms with E-state index in [9.17, 15) is 0 Å². The molecule has 0 spiro atoms. The smallest absolute Gasteiger partial charge is 0.163 e. The van der Waals surface area contributed by atoms with Crippen LogP contribution in [0.5, 0.6) is 0 Å². The van der Waals surface area contributed by atoms with Crippen molar-refractivity contribution in [1.29, 1.82) is 0 Å². The maximum Gasteiger partial charge on any atom is 0.254 e. The van der Waals surface area contributed by atoms with Gasteiger partial charge in [0.05, 0.1) is 0 Å². The minimum Gasteiger partial charge on any atom is -0.163 e. The number of thiophene rings is 1. The van der Waals surface area contributed by atoms with Gasteiger partial charge in [-0.15, -0.1) is 0 Å². The summed E-state index contributed by atoms with van der Waals surface area (Å²) >= 11 is 2.04. The maximum absolute atomic E-state index is 2.46. The van der Waals surface area contributed by atoms with Crippen LogP contribution in [0.3, 0.4) is 0 Å². The highest BCUT2D eigenvalue weighted by Crippen LogP contribution is 2.32. The number of benzene rings is 3. The van der Waals surface area contributed by atoms with E-state index in [0.717, 1.165) is 6.42 Å². The molecule has 3 aromatic carbocycles. The molecule has 43 heavy (non-hydrogen) atoms. The van der Waals surface area contributed by atoms with Crippen LogP contribution in [0.1, 0.15) is 77.3 Å². The topological polar surface area (TPSA) is 0 Å². The van der Waals surface area contributed by atoms with E-state index in [2.05, 4.69) is 138 Å². The first kappa shape index (κ1) is 31.4. The molecule has 0 nitrogen and oxygen atoms in total. The number of allylic oxidation sites excluding steroid dienone is 4. The Morgan fingerprint density at radius 2 is 0.884 bits per heavy atom. The largest absolute Gasteiger partial charge is 0.254 e. The van der Waals surface area contributed by atoms with E-state index < -0.39 is 0 Å². The summed E-state index contributed by atoms with van der Waals surface area (Å²) in [6, 6.07) is 19.2. The van der Waals surface area contributed by atoms with Gasteiger partial charge in [0, 0.05) is 0 Å². The van der Waals surface area contributed by atoms with Crippen LogP contribution in [-0.4, -0.2) is 13.4 Å². The van der Waals surface area contributed by atoms with Gasteiger partial charge in [0.2, 0.25) is 0 Å². The Morgan fingerprint density at radius 3 is 1.26 bits per heavy atom. The summed E-state index contributed by atoms with van der Waals surface area (Å²) in [6.07, 6.45) is 3.58. The first-order valence-corrected chi connectivity index (χ1v) is 16.8. The molecule has 0 bridgehead atoms. The maximum atomic E-state index is 2.46. The zero-order valence-electron chi connectivity index (χ0n) is 28.5. The van der Waals surface area contributed by atoms with E-state index in [-0.39, 0.29) is 13.4 Å². The van der Waals surface area contributed by atoms with Gasteiger partial charge in [-0.25, -0.2) is 0 Å². The van der Waals surface area contributed by atoms with E-state index >= 15 is 0 Å². The van der Waals surface area contributed by atoms with Crippen molar-refractivity contribution in [1.82, 2.24) is 0 Å². The molecule has 220 valence electrons. The second-order valence-electron chi connectivity index (χ2n) is 13.8. The molecule has 0 fully saturated rings. The second-order valence-corrected chi connectivity index (χ2v) is 14.9. The molecule has 0 amide bonds. The standard InChI is InChI=1S/C40H48B2S/c1-23-15-27(5)37(28(6)16-23)41(38-29(7)17-24(2)18-30(38)8)35-13-14-36(43-35)42(39-31(9)19-25(3)20-32(39)10)40-33(11)21-26(4)22-34(40)12/h13-21,34H,22H2,1-12H3. The average Bonchev–Trinajstić information content (AvgIpc) is 3.34. The van der Waals surface area contributed by atoms with Gasteiger partial charge in [-0.05, 0) is 98.1 Å². The first-order valence-electron chi connectivity index (χ1n) is 16.0. The summed E-state index contributed by atoms with van der Waals surface area (Å²) < 4.78 is 2.91. The van der Waals surface area contributed by atoms with Crippen molar-refractivity contribution in [2.45, 2.75) is 89.5 Å². The van der Waals surface area contributed by atoms with Gasteiger partial charge in [-0.3, -0.25) is 0 Å². The molecule has 0 radical (unpaired) electrons.